The van der Waals surface area contributed by atoms with Crippen LogP contribution in [-0.4, -0.2) is 32.7 Å². The minimum atomic E-state index is -0.532. The van der Waals surface area contributed by atoms with Gasteiger partial charge in [-0.1, -0.05) is 35.5 Å². The van der Waals surface area contributed by atoms with Gasteiger partial charge in [-0.25, -0.2) is 10.2 Å². The lowest BCUT2D eigenvalue weighted by Crippen LogP contribution is -2.24. The maximum absolute atomic E-state index is 11.1. The molecule has 27 heavy (non-hydrogen) atoms. The van der Waals surface area contributed by atoms with Gasteiger partial charge in [-0.3, -0.25) is 10.0 Å². The number of aryl methyl sites for hydroxylation is 1. The number of nitrogens with zero attached hydrogens (tertiary/aromatic N) is 3. The fourth-order valence-corrected chi connectivity index (χ4v) is 3.59. The minimum Gasteiger partial charge on any atom is -0.308 e. The number of para-hydroxylation sites is 1. The van der Waals surface area contributed by atoms with Crippen molar-refractivity contribution < 1.29 is 10.0 Å². The van der Waals surface area contributed by atoms with Gasteiger partial charge in [-0.2, -0.15) is 0 Å². The van der Waals surface area contributed by atoms with E-state index in [0.29, 0.717) is 6.04 Å². The van der Waals surface area contributed by atoms with E-state index in [0.717, 1.165) is 42.5 Å². The maximum atomic E-state index is 11.1. The lowest BCUT2D eigenvalue weighted by atomic mass is 10.0. The van der Waals surface area contributed by atoms with E-state index >= 15 is 0 Å². The lowest BCUT2D eigenvalue weighted by Gasteiger charge is -2.14. The number of fused-ring (bicyclic) bond motifs is 2. The van der Waals surface area contributed by atoms with Crippen molar-refractivity contribution in [3.63, 3.8) is 0 Å². The molecule has 0 spiro atoms. The van der Waals surface area contributed by atoms with Crippen LogP contribution in [-0.2, 0) is 17.8 Å². The molecule has 2 aromatic carbocycles. The molecule has 7 heteroatoms. The zero-order valence-electron chi connectivity index (χ0n) is 14.8. The van der Waals surface area contributed by atoms with Gasteiger partial charge in [0.2, 0.25) is 0 Å². The molecule has 0 fully saturated rings. The molecule has 0 radical (unpaired) electrons. The maximum Gasteiger partial charge on any atom is 0.267 e. The van der Waals surface area contributed by atoms with Crippen molar-refractivity contribution in [1.29, 1.82) is 0 Å². The summed E-state index contributed by atoms with van der Waals surface area (Å²) in [6.45, 7) is 1.58. The van der Waals surface area contributed by atoms with E-state index < -0.39 is 5.91 Å². The lowest BCUT2D eigenvalue weighted by molar-refractivity contribution is -0.124. The number of aromatic nitrogens is 3. The summed E-state index contributed by atoms with van der Waals surface area (Å²) in [5.41, 5.74) is 7.11. The summed E-state index contributed by atoms with van der Waals surface area (Å²) in [5.74, 6) is -0.532. The van der Waals surface area contributed by atoms with Gasteiger partial charge in [0, 0.05) is 18.7 Å². The zero-order valence-corrected chi connectivity index (χ0v) is 14.8. The van der Waals surface area contributed by atoms with Crippen molar-refractivity contribution >= 4 is 23.0 Å². The average Bonchev–Trinajstić information content (AvgIpc) is 3.30. The van der Waals surface area contributed by atoms with Crippen molar-refractivity contribution in [2.24, 2.45) is 0 Å². The van der Waals surface area contributed by atoms with E-state index in [1.165, 1.54) is 17.2 Å². The molecule has 0 aliphatic heterocycles. The Morgan fingerprint density at radius 2 is 2.19 bits per heavy atom. The third kappa shape index (κ3) is 3.74. The Balaban J connectivity index is 1.38. The fraction of sp³-hybridized carbons (Fsp3) is 0.250. The standard InChI is InChI=1S/C20H21N5O2/c26-20(23-27)10-6-14-5-8-16-15(13-14)7-9-17(16)21-11-12-25-19-4-2-1-3-18(19)22-24-25/h1-6,8,10,13,17,21,27H,7,9,11-12H2,(H,23,26). The van der Waals surface area contributed by atoms with Gasteiger partial charge in [0.1, 0.15) is 5.52 Å². The van der Waals surface area contributed by atoms with Crippen molar-refractivity contribution in [2.75, 3.05) is 6.54 Å². The van der Waals surface area contributed by atoms with E-state index in [4.69, 9.17) is 5.21 Å². The molecule has 1 aromatic heterocycles. The first kappa shape index (κ1) is 17.4. The smallest absolute Gasteiger partial charge is 0.267 e. The first-order chi connectivity index (χ1) is 13.2. The normalized spacial score (nSPS) is 16.1. The van der Waals surface area contributed by atoms with E-state index in [1.807, 2.05) is 35.0 Å². The number of hydroxylamine groups is 1. The third-order valence-electron chi connectivity index (χ3n) is 4.92. The summed E-state index contributed by atoms with van der Waals surface area (Å²) >= 11 is 0. The number of amides is 1. The topological polar surface area (TPSA) is 92.1 Å². The summed E-state index contributed by atoms with van der Waals surface area (Å²) in [5, 5.41) is 20.6. The Bertz CT molecular complexity index is 995. The van der Waals surface area contributed by atoms with Crippen LogP contribution < -0.4 is 10.8 Å². The molecule has 3 N–H and O–H groups in total. The van der Waals surface area contributed by atoms with Crippen LogP contribution in [0.1, 0.15) is 29.2 Å². The molecule has 1 aliphatic carbocycles. The van der Waals surface area contributed by atoms with E-state index in [2.05, 4.69) is 27.8 Å². The minimum absolute atomic E-state index is 0.327. The van der Waals surface area contributed by atoms with Gasteiger partial charge in [0.05, 0.1) is 12.1 Å². The Morgan fingerprint density at radius 3 is 3.07 bits per heavy atom. The summed E-state index contributed by atoms with van der Waals surface area (Å²) in [6, 6.07) is 14.5. The molecular weight excluding hydrogens is 342 g/mol. The second-order valence-corrected chi connectivity index (χ2v) is 6.61. The second kappa shape index (κ2) is 7.69. The summed E-state index contributed by atoms with van der Waals surface area (Å²) in [7, 11) is 0. The van der Waals surface area contributed by atoms with E-state index in [-0.39, 0.29) is 0 Å². The van der Waals surface area contributed by atoms with Gasteiger partial charge in [0.15, 0.2) is 0 Å². The highest BCUT2D eigenvalue weighted by molar-refractivity contribution is 5.90. The Labute approximate surface area is 156 Å². The quantitative estimate of drug-likeness (QED) is 0.355. The molecule has 1 aliphatic rings. The number of nitrogens with one attached hydrogen (secondary N) is 2. The van der Waals surface area contributed by atoms with Crippen LogP contribution >= 0.6 is 0 Å². The van der Waals surface area contributed by atoms with Crippen molar-refractivity contribution in [2.45, 2.75) is 25.4 Å². The monoisotopic (exact) mass is 363 g/mol. The van der Waals surface area contributed by atoms with Crippen LogP contribution in [0.15, 0.2) is 48.5 Å². The first-order valence-corrected chi connectivity index (χ1v) is 9.01. The van der Waals surface area contributed by atoms with Crippen molar-refractivity contribution in [1.82, 2.24) is 25.8 Å². The molecule has 0 bridgehead atoms. The number of hydrogen-bond acceptors (Lipinski definition) is 5. The average molecular weight is 363 g/mol. The zero-order chi connectivity index (χ0) is 18.6. The molecule has 1 atom stereocenters. The van der Waals surface area contributed by atoms with Crippen LogP contribution in [0.3, 0.4) is 0 Å². The highest BCUT2D eigenvalue weighted by atomic mass is 16.5. The fourth-order valence-electron chi connectivity index (χ4n) is 3.59. The van der Waals surface area contributed by atoms with Gasteiger partial charge in [-0.05, 0) is 47.7 Å². The second-order valence-electron chi connectivity index (χ2n) is 6.61. The van der Waals surface area contributed by atoms with Gasteiger partial charge in [-0.15, -0.1) is 5.10 Å². The Morgan fingerprint density at radius 1 is 1.30 bits per heavy atom. The SMILES string of the molecule is O=C(C=Cc1ccc2c(c1)CCC2NCCn1nnc2ccccc21)NO. The molecule has 3 aromatic rings. The van der Waals surface area contributed by atoms with Gasteiger partial charge in [0.25, 0.3) is 5.91 Å². The predicted octanol–water partition coefficient (Wildman–Crippen LogP) is 2.23. The molecule has 1 amide bonds. The molecule has 0 saturated carbocycles. The van der Waals surface area contributed by atoms with Gasteiger partial charge >= 0.3 is 0 Å². The van der Waals surface area contributed by atoms with E-state index in [9.17, 15) is 4.79 Å². The molecule has 1 unspecified atom stereocenters. The molecule has 138 valence electrons. The van der Waals surface area contributed by atoms with E-state index in [1.54, 1.807) is 11.6 Å². The van der Waals surface area contributed by atoms with Crippen LogP contribution in [0, 0.1) is 0 Å². The van der Waals surface area contributed by atoms with Crippen LogP contribution in [0.25, 0.3) is 17.1 Å². The van der Waals surface area contributed by atoms with Crippen molar-refractivity contribution in [3.8, 4) is 0 Å². The van der Waals surface area contributed by atoms with Crippen LogP contribution in [0.4, 0.5) is 0 Å². The third-order valence-corrected chi connectivity index (χ3v) is 4.92. The molecule has 7 nitrogen and oxygen atoms in total. The molecule has 1 heterocycles. The summed E-state index contributed by atoms with van der Waals surface area (Å²) in [6.07, 6.45) is 5.07. The number of carbonyl (C=O) groups is 1. The molecule has 0 saturated heterocycles. The highest BCUT2D eigenvalue weighted by Gasteiger charge is 2.21. The summed E-state index contributed by atoms with van der Waals surface area (Å²) < 4.78 is 1.93. The summed E-state index contributed by atoms with van der Waals surface area (Å²) in [4.78, 5) is 11.1. The van der Waals surface area contributed by atoms with Gasteiger partial charge < -0.3 is 5.32 Å². The van der Waals surface area contributed by atoms with Crippen molar-refractivity contribution in [3.05, 3.63) is 65.2 Å². The number of hydrogen-bond donors (Lipinski definition) is 3. The number of carbonyl (C=O) groups excluding carboxylic acids is 1. The van der Waals surface area contributed by atoms with Crippen LogP contribution in [0.5, 0.6) is 0 Å². The number of rotatable bonds is 6. The molecule has 4 rings (SSSR count). The number of benzene rings is 2. The predicted molar refractivity (Wildman–Crippen MR) is 102 cm³/mol. The Kier molecular flexibility index (Phi) is 4.95. The Hall–Kier alpha value is -3.03. The highest BCUT2D eigenvalue weighted by Crippen LogP contribution is 2.31. The first-order valence-electron chi connectivity index (χ1n) is 9.01. The largest absolute Gasteiger partial charge is 0.308 e. The molecular formula is C20H21N5O2. The van der Waals surface area contributed by atoms with Crippen LogP contribution in [0.2, 0.25) is 0 Å².